The lowest BCUT2D eigenvalue weighted by Gasteiger charge is -2.21. The Labute approximate surface area is 118 Å². The van der Waals surface area contributed by atoms with Gasteiger partial charge in [0, 0.05) is 25.2 Å². The molecule has 0 bridgehead atoms. The number of nitrogens with zero attached hydrogens (tertiary/aromatic N) is 3. The van der Waals surface area contributed by atoms with E-state index in [1.807, 2.05) is 41.9 Å². The molecule has 2 aromatic rings. The Kier molecular flexibility index (Phi) is 3.46. The van der Waals surface area contributed by atoms with E-state index in [9.17, 15) is 5.11 Å². The summed E-state index contributed by atoms with van der Waals surface area (Å²) in [7, 11) is 0. The fourth-order valence-corrected chi connectivity index (χ4v) is 2.79. The molecule has 1 atom stereocenters. The number of benzene rings is 1. The van der Waals surface area contributed by atoms with E-state index in [1.54, 1.807) is 0 Å². The van der Waals surface area contributed by atoms with Crippen LogP contribution in [0.4, 0.5) is 5.82 Å². The van der Waals surface area contributed by atoms with Gasteiger partial charge in [-0.3, -0.25) is 0 Å². The highest BCUT2D eigenvalue weighted by molar-refractivity contribution is 5.56. The Morgan fingerprint density at radius 1 is 1.35 bits per heavy atom. The molecule has 1 aliphatic rings. The van der Waals surface area contributed by atoms with Crippen LogP contribution in [-0.4, -0.2) is 34.1 Å². The van der Waals surface area contributed by atoms with Crippen LogP contribution in [0.5, 0.6) is 0 Å². The summed E-state index contributed by atoms with van der Waals surface area (Å²) >= 11 is 0. The van der Waals surface area contributed by atoms with Gasteiger partial charge < -0.3 is 15.7 Å². The lowest BCUT2D eigenvalue weighted by molar-refractivity contribution is 0.198. The van der Waals surface area contributed by atoms with Crippen LogP contribution in [0.15, 0.2) is 30.3 Å². The van der Waals surface area contributed by atoms with Gasteiger partial charge in [0.2, 0.25) is 0 Å². The SMILES string of the molecule is Cc1nn(-c2ccccc2)c(N2CCC(O)C2)c1CN. The van der Waals surface area contributed by atoms with Gasteiger partial charge in [-0.15, -0.1) is 0 Å². The molecule has 3 N–H and O–H groups in total. The first-order valence-corrected chi connectivity index (χ1v) is 6.97. The molecule has 0 amide bonds. The number of aliphatic hydroxyl groups excluding tert-OH is 1. The van der Waals surface area contributed by atoms with Gasteiger partial charge in [-0.05, 0) is 25.5 Å². The summed E-state index contributed by atoms with van der Waals surface area (Å²) in [6.45, 7) is 3.93. The zero-order valence-electron chi connectivity index (χ0n) is 11.7. The van der Waals surface area contributed by atoms with Crippen LogP contribution >= 0.6 is 0 Å². The number of aliphatic hydroxyl groups is 1. The molecule has 1 unspecified atom stereocenters. The van der Waals surface area contributed by atoms with Gasteiger partial charge >= 0.3 is 0 Å². The highest BCUT2D eigenvalue weighted by Crippen LogP contribution is 2.29. The topological polar surface area (TPSA) is 67.3 Å². The number of nitrogens with two attached hydrogens (primary N) is 1. The third-order valence-corrected chi connectivity index (χ3v) is 3.83. The first kappa shape index (κ1) is 13.1. The molecule has 0 saturated carbocycles. The van der Waals surface area contributed by atoms with E-state index in [1.165, 1.54) is 0 Å². The van der Waals surface area contributed by atoms with E-state index in [4.69, 9.17) is 5.73 Å². The number of para-hydroxylation sites is 1. The van der Waals surface area contributed by atoms with Crippen LogP contribution < -0.4 is 10.6 Å². The van der Waals surface area contributed by atoms with Gasteiger partial charge in [0.1, 0.15) is 5.82 Å². The van der Waals surface area contributed by atoms with E-state index in [0.717, 1.165) is 35.7 Å². The van der Waals surface area contributed by atoms with Gasteiger partial charge in [0.25, 0.3) is 0 Å². The van der Waals surface area contributed by atoms with Gasteiger partial charge in [0.15, 0.2) is 0 Å². The molecule has 1 aliphatic heterocycles. The number of β-amino-alcohol motifs (C(OH)–C–C–N with tert-alkyl or cyclic N) is 1. The molecule has 106 valence electrons. The molecule has 0 aliphatic carbocycles. The Morgan fingerprint density at radius 3 is 2.70 bits per heavy atom. The maximum absolute atomic E-state index is 9.79. The van der Waals surface area contributed by atoms with Crippen molar-refractivity contribution in [2.75, 3.05) is 18.0 Å². The average molecular weight is 272 g/mol. The summed E-state index contributed by atoms with van der Waals surface area (Å²) in [5.41, 5.74) is 8.93. The molecule has 0 spiro atoms. The highest BCUT2D eigenvalue weighted by atomic mass is 16.3. The lowest BCUT2D eigenvalue weighted by Crippen LogP contribution is -2.25. The standard InChI is InChI=1S/C15H20N4O/c1-11-14(9-16)15(18-8-7-13(20)10-18)19(17-11)12-5-3-2-4-6-12/h2-6,13,20H,7-10,16H2,1H3. The van der Waals surface area contributed by atoms with Crippen molar-refractivity contribution in [3.8, 4) is 5.69 Å². The molecule has 1 aromatic heterocycles. The molecule has 2 heterocycles. The second-order valence-electron chi connectivity index (χ2n) is 5.23. The van der Waals surface area contributed by atoms with Crippen molar-refractivity contribution in [1.82, 2.24) is 9.78 Å². The van der Waals surface area contributed by atoms with E-state index in [-0.39, 0.29) is 6.10 Å². The van der Waals surface area contributed by atoms with E-state index in [0.29, 0.717) is 13.1 Å². The fourth-order valence-electron chi connectivity index (χ4n) is 2.79. The molecule has 1 saturated heterocycles. The normalized spacial score (nSPS) is 18.8. The molecule has 20 heavy (non-hydrogen) atoms. The first-order valence-electron chi connectivity index (χ1n) is 6.97. The summed E-state index contributed by atoms with van der Waals surface area (Å²) in [6, 6.07) is 10.0. The Hall–Kier alpha value is -1.85. The van der Waals surface area contributed by atoms with Crippen molar-refractivity contribution in [3.05, 3.63) is 41.6 Å². The van der Waals surface area contributed by atoms with Gasteiger partial charge in [-0.2, -0.15) is 5.10 Å². The minimum absolute atomic E-state index is 0.264. The summed E-state index contributed by atoms with van der Waals surface area (Å²) in [5.74, 6) is 1.02. The Balaban J connectivity index is 2.10. The molecule has 1 aromatic carbocycles. The summed E-state index contributed by atoms with van der Waals surface area (Å²) < 4.78 is 1.94. The van der Waals surface area contributed by atoms with Crippen molar-refractivity contribution in [3.63, 3.8) is 0 Å². The third kappa shape index (κ3) is 2.19. The van der Waals surface area contributed by atoms with Crippen molar-refractivity contribution in [2.24, 2.45) is 5.73 Å². The quantitative estimate of drug-likeness (QED) is 0.881. The lowest BCUT2D eigenvalue weighted by atomic mass is 10.2. The molecule has 0 radical (unpaired) electrons. The predicted molar refractivity (Wildman–Crippen MR) is 79.0 cm³/mol. The second-order valence-corrected chi connectivity index (χ2v) is 5.23. The predicted octanol–water partition coefficient (Wildman–Crippen LogP) is 1.21. The minimum Gasteiger partial charge on any atom is -0.391 e. The smallest absolute Gasteiger partial charge is 0.137 e. The van der Waals surface area contributed by atoms with Crippen molar-refractivity contribution >= 4 is 5.82 Å². The number of hydrogen-bond donors (Lipinski definition) is 2. The summed E-state index contributed by atoms with van der Waals surface area (Å²) in [4.78, 5) is 2.18. The van der Waals surface area contributed by atoms with Gasteiger partial charge in [0.05, 0.1) is 17.5 Å². The van der Waals surface area contributed by atoms with E-state index < -0.39 is 0 Å². The first-order chi connectivity index (χ1) is 9.70. The molecular weight excluding hydrogens is 252 g/mol. The van der Waals surface area contributed by atoms with Crippen molar-refractivity contribution in [1.29, 1.82) is 0 Å². The second kappa shape index (κ2) is 5.26. The molecule has 5 nitrogen and oxygen atoms in total. The minimum atomic E-state index is -0.264. The zero-order valence-corrected chi connectivity index (χ0v) is 11.7. The number of hydrogen-bond acceptors (Lipinski definition) is 4. The monoisotopic (exact) mass is 272 g/mol. The van der Waals surface area contributed by atoms with Crippen molar-refractivity contribution < 1.29 is 5.11 Å². The summed E-state index contributed by atoms with van der Waals surface area (Å²) in [6.07, 6.45) is 0.531. The van der Waals surface area contributed by atoms with Crippen LogP contribution in [0.25, 0.3) is 5.69 Å². The largest absolute Gasteiger partial charge is 0.391 e. The van der Waals surface area contributed by atoms with Crippen LogP contribution in [0, 0.1) is 6.92 Å². The highest BCUT2D eigenvalue weighted by Gasteiger charge is 2.27. The van der Waals surface area contributed by atoms with Crippen LogP contribution in [0.2, 0.25) is 0 Å². The average Bonchev–Trinajstić information content (AvgIpc) is 3.03. The number of rotatable bonds is 3. The zero-order chi connectivity index (χ0) is 14.1. The molecule has 1 fully saturated rings. The van der Waals surface area contributed by atoms with Crippen LogP contribution in [-0.2, 0) is 6.54 Å². The molecular formula is C15H20N4O. The fraction of sp³-hybridized carbons (Fsp3) is 0.400. The third-order valence-electron chi connectivity index (χ3n) is 3.83. The van der Waals surface area contributed by atoms with Crippen LogP contribution in [0.1, 0.15) is 17.7 Å². The molecule has 3 rings (SSSR count). The number of aromatic nitrogens is 2. The van der Waals surface area contributed by atoms with Crippen molar-refractivity contribution in [2.45, 2.75) is 26.0 Å². The van der Waals surface area contributed by atoms with Gasteiger partial charge in [-0.25, -0.2) is 4.68 Å². The Morgan fingerprint density at radius 2 is 2.10 bits per heavy atom. The molecule has 5 heteroatoms. The van der Waals surface area contributed by atoms with E-state index in [2.05, 4.69) is 10.00 Å². The number of aryl methyl sites for hydroxylation is 1. The number of anilines is 1. The van der Waals surface area contributed by atoms with E-state index >= 15 is 0 Å². The maximum Gasteiger partial charge on any atom is 0.137 e. The van der Waals surface area contributed by atoms with Gasteiger partial charge in [-0.1, -0.05) is 18.2 Å². The van der Waals surface area contributed by atoms with Crippen LogP contribution in [0.3, 0.4) is 0 Å². The maximum atomic E-state index is 9.79. The summed E-state index contributed by atoms with van der Waals surface area (Å²) in [5, 5.41) is 14.4. The Bertz CT molecular complexity index is 593.